The lowest BCUT2D eigenvalue weighted by atomic mass is 10.1. The Morgan fingerprint density at radius 2 is 1.56 bits per heavy atom. The number of anilines is 1. The molecule has 0 radical (unpaired) electrons. The molecule has 0 atom stereocenters. The molecule has 4 N–H and O–H groups in total. The van der Waals surface area contributed by atoms with Crippen LogP contribution in [0.15, 0.2) is 42.5 Å². The molecule has 0 heterocycles. The van der Waals surface area contributed by atoms with E-state index in [0.717, 1.165) is 18.2 Å². The van der Waals surface area contributed by atoms with Gasteiger partial charge in [-0.2, -0.15) is 0 Å². The van der Waals surface area contributed by atoms with Gasteiger partial charge in [-0.05, 0) is 30.4 Å². The maximum atomic E-state index is 12.2. The van der Waals surface area contributed by atoms with Crippen molar-refractivity contribution >= 4 is 46.2 Å². The molecule has 0 spiro atoms. The molecule has 0 saturated heterocycles. The van der Waals surface area contributed by atoms with Crippen molar-refractivity contribution in [2.24, 2.45) is 5.73 Å². The van der Waals surface area contributed by atoms with Gasteiger partial charge in [0, 0.05) is 23.4 Å². The van der Waals surface area contributed by atoms with Gasteiger partial charge in [-0.25, -0.2) is 0 Å². The first kappa shape index (κ1) is 19.4. The van der Waals surface area contributed by atoms with Crippen molar-refractivity contribution in [3.05, 3.63) is 73.8 Å². The Hall–Kier alpha value is -3.93. The number of nitrogens with two attached hydrogens (primary N) is 1. The Kier molecular flexibility index (Phi) is 5.72. The minimum atomic E-state index is -0.884. The number of hydrogen-bond donors (Lipinski definition) is 3. The fraction of sp³-hybridized carbons (Fsp3) is 0. The van der Waals surface area contributed by atoms with E-state index in [1.54, 1.807) is 6.07 Å². The number of hydrogen-bond acceptors (Lipinski definition) is 7. The summed E-state index contributed by atoms with van der Waals surface area (Å²) in [7, 11) is 0. The van der Waals surface area contributed by atoms with Crippen LogP contribution in [0.1, 0.15) is 20.7 Å². The summed E-state index contributed by atoms with van der Waals surface area (Å²) < 4.78 is 0. The van der Waals surface area contributed by atoms with E-state index in [4.69, 9.17) is 18.0 Å². The summed E-state index contributed by atoms with van der Waals surface area (Å²) in [6.45, 7) is 0. The Morgan fingerprint density at radius 1 is 0.963 bits per heavy atom. The number of nitrogens with one attached hydrogen (secondary N) is 2. The smallest absolute Gasteiger partial charge is 0.277 e. The first-order valence-electron chi connectivity index (χ1n) is 7.13. The van der Waals surface area contributed by atoms with Gasteiger partial charge in [-0.15, -0.1) is 0 Å². The lowest BCUT2D eigenvalue weighted by Gasteiger charge is -2.10. The van der Waals surface area contributed by atoms with Gasteiger partial charge in [0.25, 0.3) is 17.3 Å². The summed E-state index contributed by atoms with van der Waals surface area (Å²) in [6, 6.07) is 8.50. The van der Waals surface area contributed by atoms with E-state index in [-0.39, 0.29) is 16.2 Å². The second kappa shape index (κ2) is 7.97. The number of thiocarbonyl (C=S) groups is 1. The third-order valence-electron chi connectivity index (χ3n) is 3.22. The van der Waals surface area contributed by atoms with Crippen LogP contribution in [-0.2, 0) is 0 Å². The summed E-state index contributed by atoms with van der Waals surface area (Å²) in [4.78, 5) is 43.4. The molecule has 0 unspecified atom stereocenters. The van der Waals surface area contributed by atoms with Crippen LogP contribution in [0, 0.1) is 20.2 Å². The first-order chi connectivity index (χ1) is 12.7. The number of rotatable bonds is 5. The number of carbonyl (C=O) groups is 2. The standard InChI is InChI=1S/C15H11N5O6S/c16-13(21)8-2-1-3-10(4-8)17-15(27)18-14(22)9-5-11(19(23)24)7-12(6-9)20(25)26/h1-7H,(H2,16,21)(H2,17,18,22,27). The average molecular weight is 389 g/mol. The van der Waals surface area contributed by atoms with E-state index < -0.39 is 33.0 Å². The normalized spacial score (nSPS) is 9.93. The molecule has 138 valence electrons. The Morgan fingerprint density at radius 3 is 2.07 bits per heavy atom. The maximum absolute atomic E-state index is 12.2. The number of nitro benzene ring substituents is 2. The molecule has 12 heteroatoms. The van der Waals surface area contributed by atoms with Crippen molar-refractivity contribution in [1.29, 1.82) is 0 Å². The minimum Gasteiger partial charge on any atom is -0.366 e. The number of amides is 2. The van der Waals surface area contributed by atoms with Crippen molar-refractivity contribution in [3.63, 3.8) is 0 Å². The molecule has 0 aliphatic carbocycles. The molecule has 0 saturated carbocycles. The summed E-state index contributed by atoms with van der Waals surface area (Å²) in [5.74, 6) is -1.54. The molecule has 11 nitrogen and oxygen atoms in total. The first-order valence-corrected chi connectivity index (χ1v) is 7.54. The summed E-state index contributed by atoms with van der Waals surface area (Å²) in [6.07, 6.45) is 0. The van der Waals surface area contributed by atoms with Gasteiger partial charge >= 0.3 is 0 Å². The van der Waals surface area contributed by atoms with Gasteiger partial charge < -0.3 is 11.1 Å². The fourth-order valence-electron chi connectivity index (χ4n) is 2.02. The van der Waals surface area contributed by atoms with Crippen molar-refractivity contribution in [1.82, 2.24) is 5.32 Å². The SMILES string of the molecule is NC(=O)c1cccc(NC(=S)NC(=O)c2cc([N+](=O)[O-])cc([N+](=O)[O-])c2)c1. The van der Waals surface area contributed by atoms with Gasteiger partial charge in [0.05, 0.1) is 21.5 Å². The van der Waals surface area contributed by atoms with Gasteiger partial charge in [-0.3, -0.25) is 35.1 Å². The maximum Gasteiger partial charge on any atom is 0.277 e. The average Bonchev–Trinajstić information content (AvgIpc) is 2.61. The number of primary amides is 1. The highest BCUT2D eigenvalue weighted by molar-refractivity contribution is 7.80. The van der Waals surface area contributed by atoms with Crippen molar-refractivity contribution < 1.29 is 19.4 Å². The van der Waals surface area contributed by atoms with Gasteiger partial charge in [0.15, 0.2) is 5.11 Å². The zero-order valence-corrected chi connectivity index (χ0v) is 14.2. The second-order valence-electron chi connectivity index (χ2n) is 5.11. The molecule has 2 aromatic carbocycles. The summed E-state index contributed by atoms with van der Waals surface area (Å²) in [5.41, 5.74) is 4.21. The van der Waals surface area contributed by atoms with E-state index >= 15 is 0 Å². The van der Waals surface area contributed by atoms with Crippen LogP contribution in [-0.4, -0.2) is 26.8 Å². The van der Waals surface area contributed by atoms with Crippen LogP contribution in [0.25, 0.3) is 0 Å². The molecular weight excluding hydrogens is 378 g/mol. The van der Waals surface area contributed by atoms with Crippen LogP contribution in [0.4, 0.5) is 17.1 Å². The van der Waals surface area contributed by atoms with Crippen LogP contribution < -0.4 is 16.4 Å². The van der Waals surface area contributed by atoms with Crippen molar-refractivity contribution in [2.45, 2.75) is 0 Å². The second-order valence-corrected chi connectivity index (χ2v) is 5.51. The monoisotopic (exact) mass is 389 g/mol. The number of nitro groups is 2. The Bertz CT molecular complexity index is 945. The fourth-order valence-corrected chi connectivity index (χ4v) is 2.24. The van der Waals surface area contributed by atoms with E-state index in [9.17, 15) is 29.8 Å². The molecule has 0 aliphatic rings. The Balaban J connectivity index is 2.18. The molecule has 2 rings (SSSR count). The van der Waals surface area contributed by atoms with Gasteiger partial charge in [-0.1, -0.05) is 6.07 Å². The highest BCUT2D eigenvalue weighted by atomic mass is 32.1. The third kappa shape index (κ3) is 5.02. The van der Waals surface area contributed by atoms with Crippen LogP contribution in [0.5, 0.6) is 0 Å². The molecule has 0 aliphatic heterocycles. The van der Waals surface area contributed by atoms with Crippen LogP contribution in [0.3, 0.4) is 0 Å². The third-order valence-corrected chi connectivity index (χ3v) is 3.42. The van der Waals surface area contributed by atoms with E-state index in [1.165, 1.54) is 18.2 Å². The van der Waals surface area contributed by atoms with E-state index in [0.29, 0.717) is 5.69 Å². The predicted octanol–water partition coefficient (Wildman–Crippen LogP) is 1.73. The van der Waals surface area contributed by atoms with Crippen molar-refractivity contribution in [3.8, 4) is 0 Å². The zero-order valence-electron chi connectivity index (χ0n) is 13.4. The molecule has 0 bridgehead atoms. The Labute approximate surface area is 156 Å². The number of non-ortho nitro benzene ring substituents is 2. The van der Waals surface area contributed by atoms with E-state index in [2.05, 4.69) is 10.6 Å². The van der Waals surface area contributed by atoms with Crippen LogP contribution >= 0.6 is 12.2 Å². The predicted molar refractivity (Wildman–Crippen MR) is 98.4 cm³/mol. The molecule has 2 amide bonds. The molecule has 0 fully saturated rings. The summed E-state index contributed by atoms with van der Waals surface area (Å²) >= 11 is 4.96. The van der Waals surface area contributed by atoms with E-state index in [1.807, 2.05) is 0 Å². The van der Waals surface area contributed by atoms with Crippen molar-refractivity contribution in [2.75, 3.05) is 5.32 Å². The zero-order chi connectivity index (χ0) is 20.1. The molecule has 2 aromatic rings. The minimum absolute atomic E-state index is 0.184. The lowest BCUT2D eigenvalue weighted by molar-refractivity contribution is -0.394. The topological polar surface area (TPSA) is 170 Å². The quantitative estimate of drug-likeness (QED) is 0.394. The largest absolute Gasteiger partial charge is 0.366 e. The number of carbonyl (C=O) groups excluding carboxylic acids is 2. The summed E-state index contributed by atoms with van der Waals surface area (Å²) in [5, 5.41) is 26.5. The molecule has 0 aromatic heterocycles. The lowest BCUT2D eigenvalue weighted by Crippen LogP contribution is -2.34. The molecular formula is C15H11N5O6S. The van der Waals surface area contributed by atoms with Gasteiger partial charge in [0.2, 0.25) is 5.91 Å². The highest BCUT2D eigenvalue weighted by Gasteiger charge is 2.20. The van der Waals surface area contributed by atoms with Crippen LogP contribution in [0.2, 0.25) is 0 Å². The highest BCUT2D eigenvalue weighted by Crippen LogP contribution is 2.22. The van der Waals surface area contributed by atoms with Gasteiger partial charge in [0.1, 0.15) is 0 Å². The molecule has 27 heavy (non-hydrogen) atoms. The number of benzene rings is 2. The number of nitrogens with zero attached hydrogens (tertiary/aromatic N) is 2.